The maximum absolute atomic E-state index is 9.88. The van der Waals surface area contributed by atoms with E-state index >= 15 is 0 Å². The molecule has 0 fully saturated rings. The summed E-state index contributed by atoms with van der Waals surface area (Å²) in [6.07, 6.45) is 1.93. The van der Waals surface area contributed by atoms with Crippen molar-refractivity contribution in [1.82, 2.24) is 9.78 Å². The number of phenolic OH excluding ortho intramolecular Hbond substituents is 1. The summed E-state index contributed by atoms with van der Waals surface area (Å²) in [6.45, 7) is 9.06. The molecule has 4 heteroatoms. The van der Waals surface area contributed by atoms with Gasteiger partial charge in [0, 0.05) is 18.6 Å². The Balaban J connectivity index is 2.33. The second kappa shape index (κ2) is 4.39. The molecule has 98 valence electrons. The lowest BCUT2D eigenvalue weighted by atomic mass is 9.99. The predicted octanol–water partition coefficient (Wildman–Crippen LogP) is 3.81. The number of phenols is 1. The van der Waals surface area contributed by atoms with E-state index < -0.39 is 0 Å². The zero-order valence-corrected chi connectivity index (χ0v) is 11.3. The van der Waals surface area contributed by atoms with E-state index in [0.717, 1.165) is 27.6 Å². The molecule has 0 unspecified atom stereocenters. The van der Waals surface area contributed by atoms with Gasteiger partial charge < -0.3 is 5.11 Å². The van der Waals surface area contributed by atoms with Crippen LogP contribution in [0, 0.1) is 13.5 Å². The molecule has 2 aromatic carbocycles. The van der Waals surface area contributed by atoms with Gasteiger partial charge >= 0.3 is 0 Å². The average molecular weight is 263 g/mol. The van der Waals surface area contributed by atoms with Crippen molar-refractivity contribution >= 4 is 16.6 Å². The summed E-state index contributed by atoms with van der Waals surface area (Å²) in [5, 5.41) is 15.2. The third-order valence-electron chi connectivity index (χ3n) is 3.37. The van der Waals surface area contributed by atoms with Crippen LogP contribution in [0.5, 0.6) is 5.75 Å². The summed E-state index contributed by atoms with van der Waals surface area (Å²) in [6, 6.07) is 9.16. The minimum Gasteiger partial charge on any atom is -0.508 e. The minimum atomic E-state index is 0.257. The normalized spacial score (nSPS) is 10.7. The molecule has 0 aliphatic rings. The number of aromatic hydroxyl groups is 1. The average Bonchev–Trinajstić information content (AvgIpc) is 2.80. The van der Waals surface area contributed by atoms with Crippen molar-refractivity contribution in [3.63, 3.8) is 0 Å². The first-order chi connectivity index (χ1) is 9.58. The topological polar surface area (TPSA) is 42.4 Å². The maximum Gasteiger partial charge on any atom is 0.190 e. The molecule has 1 aromatic heterocycles. The third kappa shape index (κ3) is 1.90. The monoisotopic (exact) mass is 263 g/mol. The Morgan fingerprint density at radius 3 is 2.75 bits per heavy atom. The predicted molar refractivity (Wildman–Crippen MR) is 78.8 cm³/mol. The second-order valence-electron chi connectivity index (χ2n) is 4.84. The van der Waals surface area contributed by atoms with Gasteiger partial charge in [-0.3, -0.25) is 4.68 Å². The molecule has 0 atom stereocenters. The van der Waals surface area contributed by atoms with Gasteiger partial charge in [-0.2, -0.15) is 5.10 Å². The van der Waals surface area contributed by atoms with Crippen LogP contribution in [0.3, 0.4) is 0 Å². The summed E-state index contributed by atoms with van der Waals surface area (Å²) >= 11 is 0. The molecule has 0 bridgehead atoms. The van der Waals surface area contributed by atoms with Gasteiger partial charge in [-0.05, 0) is 41.8 Å². The number of fused-ring (bicyclic) bond motifs is 1. The molecule has 4 nitrogen and oxygen atoms in total. The van der Waals surface area contributed by atoms with Crippen molar-refractivity contribution < 1.29 is 5.11 Å². The van der Waals surface area contributed by atoms with Crippen molar-refractivity contribution in [3.05, 3.63) is 53.5 Å². The van der Waals surface area contributed by atoms with Crippen molar-refractivity contribution in [2.24, 2.45) is 7.05 Å². The molecule has 0 aliphatic heterocycles. The fraction of sp³-hybridized carbons (Fsp3) is 0.125. The molecule has 0 radical (unpaired) electrons. The Bertz CT molecular complexity index is 856. The van der Waals surface area contributed by atoms with E-state index in [1.165, 1.54) is 0 Å². The maximum atomic E-state index is 9.88. The van der Waals surface area contributed by atoms with E-state index in [2.05, 4.69) is 9.94 Å². The highest BCUT2D eigenvalue weighted by molar-refractivity contribution is 5.97. The van der Waals surface area contributed by atoms with Gasteiger partial charge in [0.05, 0.1) is 12.1 Å². The molecular formula is C16H13N3O. The fourth-order valence-electron chi connectivity index (χ4n) is 2.31. The Morgan fingerprint density at radius 2 is 2.05 bits per heavy atom. The quantitative estimate of drug-likeness (QED) is 0.678. The molecule has 0 saturated carbocycles. The van der Waals surface area contributed by atoms with E-state index in [0.29, 0.717) is 5.69 Å². The first-order valence-electron chi connectivity index (χ1n) is 6.23. The van der Waals surface area contributed by atoms with E-state index in [4.69, 9.17) is 6.57 Å². The van der Waals surface area contributed by atoms with Crippen molar-refractivity contribution in [1.29, 1.82) is 0 Å². The highest BCUT2D eigenvalue weighted by Gasteiger charge is 2.10. The Hall–Kier alpha value is -2.80. The first kappa shape index (κ1) is 12.2. The van der Waals surface area contributed by atoms with Crippen LogP contribution in [0.15, 0.2) is 36.5 Å². The van der Waals surface area contributed by atoms with E-state index in [1.54, 1.807) is 16.8 Å². The van der Waals surface area contributed by atoms with Gasteiger partial charge in [0.15, 0.2) is 5.69 Å². The van der Waals surface area contributed by atoms with Crippen molar-refractivity contribution in [3.8, 4) is 16.9 Å². The van der Waals surface area contributed by atoms with Crippen LogP contribution in [-0.2, 0) is 7.05 Å². The molecule has 3 aromatic rings. The van der Waals surface area contributed by atoms with Gasteiger partial charge in [-0.25, -0.2) is 4.85 Å². The number of aryl methyl sites for hydroxylation is 2. The van der Waals surface area contributed by atoms with E-state index in [1.807, 2.05) is 38.4 Å². The van der Waals surface area contributed by atoms with E-state index in [-0.39, 0.29) is 5.75 Å². The number of aromatic nitrogens is 2. The number of nitrogens with zero attached hydrogens (tertiary/aromatic N) is 3. The smallest absolute Gasteiger partial charge is 0.190 e. The molecule has 0 saturated heterocycles. The summed E-state index contributed by atoms with van der Waals surface area (Å²) in [4.78, 5) is 3.49. The summed E-state index contributed by atoms with van der Waals surface area (Å²) < 4.78 is 1.73. The van der Waals surface area contributed by atoms with Gasteiger partial charge in [0.25, 0.3) is 0 Å². The second-order valence-corrected chi connectivity index (χ2v) is 4.84. The summed E-state index contributed by atoms with van der Waals surface area (Å²) in [5.74, 6) is 0.257. The third-order valence-corrected chi connectivity index (χ3v) is 3.37. The van der Waals surface area contributed by atoms with Crippen LogP contribution in [0.4, 0.5) is 5.69 Å². The zero-order valence-electron chi connectivity index (χ0n) is 11.3. The molecule has 1 N–H and O–H groups in total. The molecule has 1 heterocycles. The number of hydrogen-bond donors (Lipinski definition) is 1. The van der Waals surface area contributed by atoms with Crippen LogP contribution in [0.2, 0.25) is 0 Å². The summed E-state index contributed by atoms with van der Waals surface area (Å²) in [7, 11) is 1.86. The molecule has 3 rings (SSSR count). The highest BCUT2D eigenvalue weighted by Crippen LogP contribution is 2.34. The van der Waals surface area contributed by atoms with Gasteiger partial charge in [-0.1, -0.05) is 12.1 Å². The lowest BCUT2D eigenvalue weighted by molar-refractivity contribution is 0.471. The summed E-state index contributed by atoms with van der Waals surface area (Å²) in [5.41, 5.74) is 3.97. The number of rotatable bonds is 1. The molecule has 0 spiro atoms. The van der Waals surface area contributed by atoms with Gasteiger partial charge in [-0.15, -0.1) is 0 Å². The highest BCUT2D eigenvalue weighted by atomic mass is 16.3. The van der Waals surface area contributed by atoms with Crippen LogP contribution in [0.1, 0.15) is 5.56 Å². The lowest BCUT2D eigenvalue weighted by Gasteiger charge is -2.06. The standard InChI is InChI=1S/C16H13N3O/c1-10-4-5-11(6-16(10)20)13-7-12(17-2)8-15-14(13)9-19(3)18-15/h4-9,20H,1,3H3. The Morgan fingerprint density at radius 1 is 1.25 bits per heavy atom. The Kier molecular flexibility index (Phi) is 2.69. The van der Waals surface area contributed by atoms with Gasteiger partial charge in [0.2, 0.25) is 0 Å². The minimum absolute atomic E-state index is 0.257. The van der Waals surface area contributed by atoms with Crippen LogP contribution in [-0.4, -0.2) is 14.9 Å². The molecule has 0 amide bonds. The number of benzene rings is 2. The van der Waals surface area contributed by atoms with Crippen LogP contribution < -0.4 is 0 Å². The Labute approximate surface area is 116 Å². The zero-order chi connectivity index (χ0) is 14.3. The first-order valence-corrected chi connectivity index (χ1v) is 6.23. The van der Waals surface area contributed by atoms with E-state index in [9.17, 15) is 5.11 Å². The molecule has 20 heavy (non-hydrogen) atoms. The fourth-order valence-corrected chi connectivity index (χ4v) is 2.31. The SMILES string of the molecule is [C-]#[N+]c1cc(-c2ccc(C)c(O)c2)c2cn(C)nc2c1. The molecule has 0 aliphatic carbocycles. The molecular weight excluding hydrogens is 250 g/mol. The lowest BCUT2D eigenvalue weighted by Crippen LogP contribution is -1.84. The van der Waals surface area contributed by atoms with Crippen LogP contribution >= 0.6 is 0 Å². The van der Waals surface area contributed by atoms with Crippen LogP contribution in [0.25, 0.3) is 26.9 Å². The largest absolute Gasteiger partial charge is 0.508 e. The van der Waals surface area contributed by atoms with Crippen molar-refractivity contribution in [2.45, 2.75) is 6.92 Å². The van der Waals surface area contributed by atoms with Crippen molar-refractivity contribution in [2.75, 3.05) is 0 Å². The van der Waals surface area contributed by atoms with Gasteiger partial charge in [0.1, 0.15) is 5.75 Å². The number of hydrogen-bond acceptors (Lipinski definition) is 2.